The second-order valence-electron chi connectivity index (χ2n) is 5.61. The fraction of sp³-hybridized carbons (Fsp3) is 0.533. The van der Waals surface area contributed by atoms with Gasteiger partial charge < -0.3 is 10.0 Å². The molecule has 1 saturated heterocycles. The lowest BCUT2D eigenvalue weighted by Gasteiger charge is -2.39. The van der Waals surface area contributed by atoms with Crippen LogP contribution in [0.25, 0.3) is 0 Å². The molecule has 0 bridgehead atoms. The Kier molecular flexibility index (Phi) is 3.33. The lowest BCUT2D eigenvalue weighted by Crippen LogP contribution is -2.46. The average molecular weight is 247 g/mol. The van der Waals surface area contributed by atoms with Crippen LogP contribution in [0, 0.1) is 19.3 Å². The summed E-state index contributed by atoms with van der Waals surface area (Å²) in [4.78, 5) is 13.6. The number of benzene rings is 1. The zero-order valence-electron chi connectivity index (χ0n) is 11.4. The second-order valence-corrected chi connectivity index (χ2v) is 5.61. The number of rotatable bonds is 2. The molecule has 1 aromatic rings. The fourth-order valence-electron chi connectivity index (χ4n) is 2.70. The van der Waals surface area contributed by atoms with Gasteiger partial charge in [0.15, 0.2) is 0 Å². The first kappa shape index (κ1) is 12.9. The molecule has 0 radical (unpaired) electrons. The van der Waals surface area contributed by atoms with Gasteiger partial charge in [-0.1, -0.05) is 12.1 Å². The van der Waals surface area contributed by atoms with Crippen molar-refractivity contribution >= 4 is 11.7 Å². The molecule has 18 heavy (non-hydrogen) atoms. The Balaban J connectivity index is 2.29. The average Bonchev–Trinajstić information content (AvgIpc) is 2.32. The maximum atomic E-state index is 11.4. The summed E-state index contributed by atoms with van der Waals surface area (Å²) in [5.41, 5.74) is 3.08. The Morgan fingerprint density at radius 3 is 2.78 bits per heavy atom. The van der Waals surface area contributed by atoms with Crippen LogP contribution in [0.1, 0.15) is 30.9 Å². The molecule has 1 aliphatic heterocycles. The number of anilines is 1. The van der Waals surface area contributed by atoms with Crippen molar-refractivity contribution in [1.82, 2.24) is 0 Å². The van der Waals surface area contributed by atoms with Crippen molar-refractivity contribution in [2.45, 2.75) is 33.6 Å². The van der Waals surface area contributed by atoms with Crippen molar-refractivity contribution in [2.24, 2.45) is 5.41 Å². The lowest BCUT2D eigenvalue weighted by molar-refractivity contribution is -0.148. The molecule has 1 aromatic carbocycles. The zero-order chi connectivity index (χ0) is 13.3. The van der Waals surface area contributed by atoms with Crippen molar-refractivity contribution < 1.29 is 9.90 Å². The number of hydrogen-bond donors (Lipinski definition) is 1. The Hall–Kier alpha value is -1.51. The molecule has 0 aliphatic carbocycles. The summed E-state index contributed by atoms with van der Waals surface area (Å²) in [6.45, 7) is 7.61. The van der Waals surface area contributed by atoms with Crippen LogP contribution in [-0.4, -0.2) is 24.2 Å². The van der Waals surface area contributed by atoms with E-state index in [2.05, 4.69) is 30.9 Å². The number of piperidine rings is 1. The van der Waals surface area contributed by atoms with Gasteiger partial charge in [-0.15, -0.1) is 0 Å². The van der Waals surface area contributed by atoms with Gasteiger partial charge in [0.1, 0.15) is 0 Å². The summed E-state index contributed by atoms with van der Waals surface area (Å²) in [6, 6.07) is 6.24. The first-order chi connectivity index (χ1) is 8.44. The summed E-state index contributed by atoms with van der Waals surface area (Å²) in [5.74, 6) is -0.683. The Bertz CT molecular complexity index is 470. The van der Waals surface area contributed by atoms with Gasteiger partial charge >= 0.3 is 5.97 Å². The highest BCUT2D eigenvalue weighted by atomic mass is 16.4. The van der Waals surface area contributed by atoms with E-state index in [1.807, 2.05) is 13.0 Å². The molecule has 3 nitrogen and oxygen atoms in total. The van der Waals surface area contributed by atoms with Gasteiger partial charge in [-0.3, -0.25) is 4.79 Å². The third-order valence-corrected chi connectivity index (χ3v) is 4.13. The molecular weight excluding hydrogens is 226 g/mol. The van der Waals surface area contributed by atoms with Crippen molar-refractivity contribution in [3.63, 3.8) is 0 Å². The van der Waals surface area contributed by atoms with Gasteiger partial charge in [0, 0.05) is 18.8 Å². The van der Waals surface area contributed by atoms with E-state index in [-0.39, 0.29) is 0 Å². The monoisotopic (exact) mass is 247 g/mol. The fourth-order valence-corrected chi connectivity index (χ4v) is 2.70. The molecule has 1 heterocycles. The first-order valence-electron chi connectivity index (χ1n) is 6.48. The molecule has 1 unspecified atom stereocenters. The molecule has 0 aromatic heterocycles. The third-order valence-electron chi connectivity index (χ3n) is 4.13. The van der Waals surface area contributed by atoms with Crippen molar-refractivity contribution in [3.05, 3.63) is 29.3 Å². The van der Waals surface area contributed by atoms with Crippen LogP contribution in [0.2, 0.25) is 0 Å². The Morgan fingerprint density at radius 2 is 2.11 bits per heavy atom. The van der Waals surface area contributed by atoms with E-state index in [4.69, 9.17) is 0 Å². The predicted octanol–water partition coefficient (Wildman–Crippen LogP) is 2.99. The van der Waals surface area contributed by atoms with Gasteiger partial charge in [-0.05, 0) is 50.8 Å². The van der Waals surface area contributed by atoms with E-state index in [1.165, 1.54) is 16.8 Å². The standard InChI is InChI=1S/C15H21NO2/c1-11-6-4-7-13(12(11)2)16-9-5-8-15(3,10-16)14(17)18/h4,6-7H,5,8-10H2,1-3H3,(H,17,18). The number of hydrogen-bond acceptors (Lipinski definition) is 2. The minimum atomic E-state index is -0.683. The maximum Gasteiger partial charge on any atom is 0.311 e. The molecule has 1 aliphatic rings. The zero-order valence-corrected chi connectivity index (χ0v) is 11.4. The number of aryl methyl sites for hydroxylation is 1. The molecule has 0 amide bonds. The molecule has 0 saturated carbocycles. The number of carboxylic acid groups (broad SMARTS) is 1. The minimum Gasteiger partial charge on any atom is -0.481 e. The summed E-state index contributed by atoms with van der Waals surface area (Å²) in [6.07, 6.45) is 1.71. The van der Waals surface area contributed by atoms with E-state index in [0.29, 0.717) is 6.54 Å². The minimum absolute atomic E-state index is 0.604. The molecule has 1 atom stereocenters. The van der Waals surface area contributed by atoms with Crippen LogP contribution in [0.15, 0.2) is 18.2 Å². The second kappa shape index (κ2) is 4.63. The van der Waals surface area contributed by atoms with Crippen LogP contribution in [0.4, 0.5) is 5.69 Å². The van der Waals surface area contributed by atoms with Gasteiger partial charge in [0.2, 0.25) is 0 Å². The molecule has 2 rings (SSSR count). The van der Waals surface area contributed by atoms with E-state index in [9.17, 15) is 9.90 Å². The largest absolute Gasteiger partial charge is 0.481 e. The Labute approximate surface area is 108 Å². The summed E-state index contributed by atoms with van der Waals surface area (Å²) < 4.78 is 0. The van der Waals surface area contributed by atoms with Crippen molar-refractivity contribution in [3.8, 4) is 0 Å². The van der Waals surface area contributed by atoms with Gasteiger partial charge in [-0.25, -0.2) is 0 Å². The number of carboxylic acids is 1. The molecule has 1 fully saturated rings. The summed E-state index contributed by atoms with van der Waals surface area (Å²) >= 11 is 0. The lowest BCUT2D eigenvalue weighted by atomic mass is 9.81. The molecule has 98 valence electrons. The van der Waals surface area contributed by atoms with Crippen LogP contribution in [0.3, 0.4) is 0 Å². The van der Waals surface area contributed by atoms with Crippen LogP contribution in [-0.2, 0) is 4.79 Å². The smallest absolute Gasteiger partial charge is 0.311 e. The van der Waals surface area contributed by atoms with E-state index in [1.54, 1.807) is 0 Å². The number of carbonyl (C=O) groups is 1. The molecule has 0 spiro atoms. The quantitative estimate of drug-likeness (QED) is 0.873. The molecule has 1 N–H and O–H groups in total. The highest BCUT2D eigenvalue weighted by Gasteiger charge is 2.38. The maximum absolute atomic E-state index is 11.4. The SMILES string of the molecule is Cc1cccc(N2CCCC(C)(C(=O)O)C2)c1C. The number of nitrogens with zero attached hydrogens (tertiary/aromatic N) is 1. The van der Waals surface area contributed by atoms with Crippen molar-refractivity contribution in [2.75, 3.05) is 18.0 Å². The highest BCUT2D eigenvalue weighted by Crippen LogP contribution is 2.34. The van der Waals surface area contributed by atoms with Crippen molar-refractivity contribution in [1.29, 1.82) is 0 Å². The molecule has 3 heteroatoms. The van der Waals surface area contributed by atoms with Crippen LogP contribution >= 0.6 is 0 Å². The highest BCUT2D eigenvalue weighted by molar-refractivity contribution is 5.75. The predicted molar refractivity (Wildman–Crippen MR) is 73.1 cm³/mol. The summed E-state index contributed by atoms with van der Waals surface area (Å²) in [7, 11) is 0. The third kappa shape index (κ3) is 2.22. The topological polar surface area (TPSA) is 40.5 Å². The van der Waals surface area contributed by atoms with Crippen LogP contribution < -0.4 is 4.90 Å². The van der Waals surface area contributed by atoms with Gasteiger partial charge in [0.25, 0.3) is 0 Å². The van der Waals surface area contributed by atoms with Gasteiger partial charge in [-0.2, -0.15) is 0 Å². The summed E-state index contributed by atoms with van der Waals surface area (Å²) in [5, 5.41) is 9.36. The van der Waals surface area contributed by atoms with E-state index < -0.39 is 11.4 Å². The van der Waals surface area contributed by atoms with Gasteiger partial charge in [0.05, 0.1) is 5.41 Å². The molecular formula is C15H21NO2. The van der Waals surface area contributed by atoms with Crippen LogP contribution in [0.5, 0.6) is 0 Å². The Morgan fingerprint density at radius 1 is 1.39 bits per heavy atom. The van der Waals surface area contributed by atoms with E-state index in [0.717, 1.165) is 19.4 Å². The normalized spacial score (nSPS) is 24.1. The first-order valence-corrected chi connectivity index (χ1v) is 6.48. The van der Waals surface area contributed by atoms with E-state index >= 15 is 0 Å². The number of aliphatic carboxylic acids is 1.